The molecule has 0 aromatic carbocycles. The van der Waals surface area contributed by atoms with Gasteiger partial charge in [0.2, 0.25) is 0 Å². The summed E-state index contributed by atoms with van der Waals surface area (Å²) in [5, 5.41) is 54.6. The largest absolute Gasteiger partial charge is 1.00 e. The Morgan fingerprint density at radius 2 is 0.517 bits per heavy atom. The van der Waals surface area contributed by atoms with E-state index in [2.05, 4.69) is 36.4 Å². The van der Waals surface area contributed by atoms with Gasteiger partial charge in [-0.15, -0.1) is 0 Å². The average molecular weight is 494 g/mol. The van der Waals surface area contributed by atoms with Gasteiger partial charge in [-0.2, -0.15) is 31.6 Å². The van der Waals surface area contributed by atoms with Crippen molar-refractivity contribution in [1.29, 1.82) is 31.6 Å². The molecule has 154 valence electrons. The molecule has 6 nitrogen and oxygen atoms in total. The first kappa shape index (κ1) is 29.5. The van der Waals surface area contributed by atoms with E-state index < -0.39 is 14.5 Å². The summed E-state index contributed by atoms with van der Waals surface area (Å²) in [6, 6.07) is 13.3. The minimum atomic E-state index is -1.63. The van der Waals surface area contributed by atoms with Gasteiger partial charge in [-0.05, 0) is 0 Å². The molecular weight excluding hydrogens is 466 g/mol. The molecule has 0 aromatic heterocycles. The van der Waals surface area contributed by atoms with Gasteiger partial charge in [0, 0.05) is 14.5 Å². The van der Waals surface area contributed by atoms with Gasteiger partial charge in [0.05, 0.1) is 124 Å². The van der Waals surface area contributed by atoms with Crippen molar-refractivity contribution >= 4 is 14.5 Å². The van der Waals surface area contributed by atoms with Crippen molar-refractivity contribution in [2.75, 3.05) is 49.3 Å². The van der Waals surface area contributed by atoms with Crippen molar-refractivity contribution in [2.45, 2.75) is 38.5 Å². The van der Waals surface area contributed by atoms with Crippen molar-refractivity contribution in [3.8, 4) is 36.4 Å². The molecule has 0 saturated heterocycles. The molecule has 0 N–H and O–H groups in total. The Morgan fingerprint density at radius 1 is 0.345 bits per heavy atom. The second-order valence-corrected chi connectivity index (χ2v) is 15.9. The lowest BCUT2D eigenvalue weighted by molar-refractivity contribution is -0.00000753. The van der Waals surface area contributed by atoms with Crippen LogP contribution in [0.2, 0.25) is 0 Å². The summed E-state index contributed by atoms with van der Waals surface area (Å²) in [5.41, 5.74) is 0. The molecule has 29 heavy (non-hydrogen) atoms. The minimum Gasteiger partial charge on any atom is -1.00 e. The molecule has 0 unspecified atom stereocenters. The lowest BCUT2D eigenvalue weighted by atomic mass is 10.5. The van der Waals surface area contributed by atoms with Crippen LogP contribution < -0.4 is 17.0 Å². The Morgan fingerprint density at radius 3 is 0.655 bits per heavy atom. The van der Waals surface area contributed by atoms with E-state index in [9.17, 15) is 0 Å². The van der Waals surface area contributed by atoms with E-state index in [4.69, 9.17) is 31.6 Å². The first-order chi connectivity index (χ1) is 13.6. The molecule has 0 atom stereocenters. The third kappa shape index (κ3) is 12.4. The summed E-state index contributed by atoms with van der Waals surface area (Å²) >= 11 is 0. The highest BCUT2D eigenvalue weighted by atomic mass is 79.9. The zero-order valence-electron chi connectivity index (χ0n) is 16.9. The number of halogens is 1. The van der Waals surface area contributed by atoms with Crippen LogP contribution in [0.25, 0.3) is 0 Å². The molecule has 0 radical (unpaired) electrons. The van der Waals surface area contributed by atoms with Crippen molar-refractivity contribution in [2.24, 2.45) is 0 Å². The van der Waals surface area contributed by atoms with Crippen LogP contribution in [0.1, 0.15) is 38.5 Å². The maximum absolute atomic E-state index is 9.09. The first-order valence-corrected chi connectivity index (χ1v) is 14.6. The van der Waals surface area contributed by atoms with E-state index >= 15 is 0 Å². The zero-order valence-corrected chi connectivity index (χ0v) is 20.2. The SMILES string of the molecule is N#CCC[P+](CCC#N)(CCC#N)CC[P+](CCC#N)(CCC#N)CCC#N.[Br-]. The lowest BCUT2D eigenvalue weighted by Gasteiger charge is -2.31. The molecule has 0 aliphatic carbocycles. The van der Waals surface area contributed by atoms with E-state index in [0.29, 0.717) is 38.5 Å². The molecule has 0 aliphatic heterocycles. The maximum atomic E-state index is 9.09. The summed E-state index contributed by atoms with van der Waals surface area (Å²) in [4.78, 5) is 0. The topological polar surface area (TPSA) is 143 Å². The fourth-order valence-electron chi connectivity index (χ4n) is 3.49. The molecule has 0 aliphatic rings. The molecule has 9 heteroatoms. The van der Waals surface area contributed by atoms with Crippen LogP contribution >= 0.6 is 14.5 Å². The summed E-state index contributed by atoms with van der Waals surface area (Å²) in [7, 11) is -3.25. The van der Waals surface area contributed by atoms with Crippen LogP contribution in [0.4, 0.5) is 0 Å². The van der Waals surface area contributed by atoms with Crippen molar-refractivity contribution in [1.82, 2.24) is 0 Å². The van der Waals surface area contributed by atoms with Gasteiger partial charge in [-0.25, -0.2) is 0 Å². The molecule has 0 saturated carbocycles. The van der Waals surface area contributed by atoms with Crippen molar-refractivity contribution < 1.29 is 17.0 Å². The van der Waals surface area contributed by atoms with Gasteiger partial charge in [0.25, 0.3) is 0 Å². The third-order valence-electron chi connectivity index (χ3n) is 5.24. The molecule has 0 amide bonds. The van der Waals surface area contributed by atoms with Gasteiger partial charge in [0.15, 0.2) is 0 Å². The highest BCUT2D eigenvalue weighted by molar-refractivity contribution is 7.79. The highest BCUT2D eigenvalue weighted by Crippen LogP contribution is 2.67. The monoisotopic (exact) mass is 493 g/mol. The van der Waals surface area contributed by atoms with Crippen molar-refractivity contribution in [3.63, 3.8) is 0 Å². The molecule has 0 heterocycles. The van der Waals surface area contributed by atoms with Gasteiger partial charge in [-0.3, -0.25) is 0 Å². The summed E-state index contributed by atoms with van der Waals surface area (Å²) in [6.45, 7) is 0. The summed E-state index contributed by atoms with van der Waals surface area (Å²) in [5.74, 6) is 0. The number of rotatable bonds is 15. The fourth-order valence-corrected chi connectivity index (χ4v) is 13.0. The lowest BCUT2D eigenvalue weighted by Crippen LogP contribution is -3.00. The maximum Gasteiger partial charge on any atom is 0.0930 e. The predicted octanol–water partition coefficient (Wildman–Crippen LogP) is 1.51. The Bertz CT molecular complexity index is 561. The Hall–Kier alpha value is -1.72. The highest BCUT2D eigenvalue weighted by Gasteiger charge is 2.43. The summed E-state index contributed by atoms with van der Waals surface area (Å²) < 4.78 is 0. The predicted molar refractivity (Wildman–Crippen MR) is 114 cm³/mol. The molecule has 0 fully saturated rings. The van der Waals surface area contributed by atoms with E-state index in [1.165, 1.54) is 0 Å². The van der Waals surface area contributed by atoms with Gasteiger partial charge < -0.3 is 17.0 Å². The van der Waals surface area contributed by atoms with E-state index in [-0.39, 0.29) is 17.0 Å². The average Bonchev–Trinajstić information content (AvgIpc) is 2.73. The standard InChI is InChI=1S/C20H28N6P2.BrH/c21-7-1-13-27(14-2-8-22,15-3-9-23)19-20-28(16-4-10-24,17-5-11-25)18-6-12-26;/h1-6,13-20H2;1H/q+2;/p-1. The number of nitriles is 6. The second-order valence-electron chi connectivity index (χ2n) is 6.92. The molecular formula is C20H28BrN6P2+. The molecule has 0 rings (SSSR count). The summed E-state index contributed by atoms with van der Waals surface area (Å²) in [6.07, 6.45) is 9.00. The Kier molecular flexibility index (Phi) is 18.6. The Labute approximate surface area is 187 Å². The van der Waals surface area contributed by atoms with Gasteiger partial charge in [0.1, 0.15) is 0 Å². The van der Waals surface area contributed by atoms with Crippen LogP contribution in [0.15, 0.2) is 0 Å². The van der Waals surface area contributed by atoms with E-state index in [1.54, 1.807) is 0 Å². The van der Waals surface area contributed by atoms with Gasteiger partial charge in [-0.1, -0.05) is 0 Å². The third-order valence-corrected chi connectivity index (χ3v) is 15.0. The minimum absolute atomic E-state index is 0. The molecule has 0 aromatic rings. The number of hydrogen-bond donors (Lipinski definition) is 0. The number of nitrogens with zero attached hydrogens (tertiary/aromatic N) is 6. The van der Waals surface area contributed by atoms with E-state index in [0.717, 1.165) is 49.3 Å². The zero-order chi connectivity index (χ0) is 21.1. The van der Waals surface area contributed by atoms with Crippen LogP contribution in [-0.4, -0.2) is 49.3 Å². The first-order valence-electron chi connectivity index (χ1n) is 9.49. The van der Waals surface area contributed by atoms with E-state index in [1.807, 2.05) is 0 Å². The van der Waals surface area contributed by atoms with Crippen LogP contribution in [0.5, 0.6) is 0 Å². The number of hydrogen-bond acceptors (Lipinski definition) is 6. The van der Waals surface area contributed by atoms with Gasteiger partial charge >= 0.3 is 0 Å². The molecule has 0 spiro atoms. The Balaban J connectivity index is 0. The quantitative estimate of drug-likeness (QED) is 0.316. The van der Waals surface area contributed by atoms with Crippen LogP contribution in [0, 0.1) is 68.0 Å². The second kappa shape index (κ2) is 18.3. The molecule has 0 bridgehead atoms. The smallest absolute Gasteiger partial charge is 0.0930 e. The fraction of sp³-hybridized carbons (Fsp3) is 0.700. The van der Waals surface area contributed by atoms with Crippen LogP contribution in [0.3, 0.4) is 0 Å². The van der Waals surface area contributed by atoms with Crippen molar-refractivity contribution in [3.05, 3.63) is 0 Å². The van der Waals surface area contributed by atoms with Crippen LogP contribution in [-0.2, 0) is 0 Å². The normalized spacial score (nSPS) is 10.1.